The molecule has 1 fully saturated rings. The monoisotopic (exact) mass is 248 g/mol. The molecule has 1 nitrogen and oxygen atoms in total. The van der Waals surface area contributed by atoms with Gasteiger partial charge in [-0.3, -0.25) is 4.79 Å². The second-order valence-electron chi connectivity index (χ2n) is 3.87. The van der Waals surface area contributed by atoms with Gasteiger partial charge in [-0.1, -0.05) is 12.1 Å². The van der Waals surface area contributed by atoms with Crippen molar-refractivity contribution in [2.45, 2.75) is 18.5 Å². The fourth-order valence-corrected chi connectivity index (χ4v) is 1.97. The molecule has 86 valence electrons. The van der Waals surface area contributed by atoms with Gasteiger partial charge in [0, 0.05) is 5.92 Å². The van der Waals surface area contributed by atoms with Crippen molar-refractivity contribution < 1.29 is 18.0 Å². The summed E-state index contributed by atoms with van der Waals surface area (Å²) in [6.45, 7) is 0. The van der Waals surface area contributed by atoms with E-state index in [-0.39, 0.29) is 11.8 Å². The second kappa shape index (κ2) is 3.77. The molecule has 1 aliphatic carbocycles. The van der Waals surface area contributed by atoms with Gasteiger partial charge in [0.25, 0.3) is 0 Å². The molecule has 0 amide bonds. The van der Waals surface area contributed by atoms with Gasteiger partial charge in [0.2, 0.25) is 5.24 Å². The summed E-state index contributed by atoms with van der Waals surface area (Å²) in [5.74, 6) is -0.231. The summed E-state index contributed by atoms with van der Waals surface area (Å²) in [5.41, 5.74) is 0.0673. The van der Waals surface area contributed by atoms with Gasteiger partial charge in [-0.15, -0.1) is 0 Å². The quantitative estimate of drug-likeness (QED) is 0.731. The fraction of sp³-hybridized carbons (Fsp3) is 0.364. The minimum Gasteiger partial charge on any atom is -0.281 e. The van der Waals surface area contributed by atoms with Gasteiger partial charge in [-0.25, -0.2) is 0 Å². The average Bonchev–Trinajstić information content (AvgIpc) is 2.96. The molecule has 0 bridgehead atoms. The Balaban J connectivity index is 2.13. The summed E-state index contributed by atoms with van der Waals surface area (Å²) in [5, 5.41) is -0.412. The highest BCUT2D eigenvalue weighted by atomic mass is 35.5. The summed E-state index contributed by atoms with van der Waals surface area (Å²) >= 11 is 5.30. The maximum absolute atomic E-state index is 12.3. The Morgan fingerprint density at radius 3 is 2.19 bits per heavy atom. The van der Waals surface area contributed by atoms with E-state index in [1.807, 2.05) is 0 Å². The van der Waals surface area contributed by atoms with Crippen molar-refractivity contribution in [2.75, 3.05) is 0 Å². The summed E-state index contributed by atoms with van der Waals surface area (Å²) in [7, 11) is 0. The molecule has 16 heavy (non-hydrogen) atoms. The van der Waals surface area contributed by atoms with Crippen LogP contribution in [0.5, 0.6) is 0 Å². The molecule has 2 atom stereocenters. The van der Waals surface area contributed by atoms with Gasteiger partial charge in [0.15, 0.2) is 0 Å². The van der Waals surface area contributed by atoms with E-state index >= 15 is 0 Å². The molecular formula is C11H8ClF3O. The van der Waals surface area contributed by atoms with E-state index in [0.717, 1.165) is 17.7 Å². The molecule has 5 heteroatoms. The van der Waals surface area contributed by atoms with Crippen LogP contribution in [0.4, 0.5) is 13.2 Å². The van der Waals surface area contributed by atoms with Crippen molar-refractivity contribution in [3.63, 3.8) is 0 Å². The van der Waals surface area contributed by atoms with Crippen LogP contribution in [0.3, 0.4) is 0 Å². The standard InChI is InChI=1S/C11H8ClF3O/c12-10(16)9-5-8(9)6-1-3-7(4-2-6)11(13,14)15/h1-4,8-9H,5H2. The summed E-state index contributed by atoms with van der Waals surface area (Å²) in [6, 6.07) is 4.88. The van der Waals surface area contributed by atoms with Crippen molar-refractivity contribution in [1.29, 1.82) is 0 Å². The van der Waals surface area contributed by atoms with Crippen LogP contribution in [0.1, 0.15) is 23.5 Å². The maximum Gasteiger partial charge on any atom is 0.416 e. The molecule has 0 saturated heterocycles. The highest BCUT2D eigenvalue weighted by Gasteiger charge is 2.43. The van der Waals surface area contributed by atoms with Crippen LogP contribution in [-0.2, 0) is 11.0 Å². The Bertz CT molecular complexity index is 410. The zero-order valence-corrected chi connectivity index (χ0v) is 8.85. The number of hydrogen-bond acceptors (Lipinski definition) is 1. The number of hydrogen-bond donors (Lipinski definition) is 0. The largest absolute Gasteiger partial charge is 0.416 e. The third-order valence-electron chi connectivity index (χ3n) is 2.75. The highest BCUT2D eigenvalue weighted by molar-refractivity contribution is 6.64. The van der Waals surface area contributed by atoms with Gasteiger partial charge in [-0.05, 0) is 41.6 Å². The van der Waals surface area contributed by atoms with E-state index in [1.54, 1.807) is 0 Å². The summed E-state index contributed by atoms with van der Waals surface area (Å²) in [4.78, 5) is 10.8. The number of halogens is 4. The third kappa shape index (κ3) is 2.21. The van der Waals surface area contributed by atoms with E-state index < -0.39 is 17.0 Å². The zero-order chi connectivity index (χ0) is 11.9. The third-order valence-corrected chi connectivity index (χ3v) is 3.03. The van der Waals surface area contributed by atoms with Crippen molar-refractivity contribution in [1.82, 2.24) is 0 Å². The van der Waals surface area contributed by atoms with Gasteiger partial charge >= 0.3 is 6.18 Å². The molecule has 2 rings (SSSR count). The van der Waals surface area contributed by atoms with Crippen LogP contribution >= 0.6 is 11.6 Å². The lowest BCUT2D eigenvalue weighted by Gasteiger charge is -2.07. The Morgan fingerprint density at radius 2 is 1.81 bits per heavy atom. The van der Waals surface area contributed by atoms with E-state index in [0.29, 0.717) is 6.42 Å². The number of carbonyl (C=O) groups excluding carboxylic acids is 1. The van der Waals surface area contributed by atoms with Crippen LogP contribution in [0.15, 0.2) is 24.3 Å². The summed E-state index contributed by atoms with van der Waals surface area (Å²) < 4.78 is 36.8. The van der Waals surface area contributed by atoms with Gasteiger partial charge < -0.3 is 0 Å². The molecule has 0 radical (unpaired) electrons. The fourth-order valence-electron chi connectivity index (χ4n) is 1.73. The maximum atomic E-state index is 12.3. The lowest BCUT2D eigenvalue weighted by atomic mass is 10.1. The first kappa shape index (κ1) is 11.5. The lowest BCUT2D eigenvalue weighted by Crippen LogP contribution is -2.04. The Kier molecular flexibility index (Phi) is 2.70. The summed E-state index contributed by atoms with van der Waals surface area (Å²) in [6.07, 6.45) is -3.68. The van der Waals surface area contributed by atoms with Crippen molar-refractivity contribution >= 4 is 16.8 Å². The van der Waals surface area contributed by atoms with E-state index in [4.69, 9.17) is 11.6 Å². The highest BCUT2D eigenvalue weighted by Crippen LogP contribution is 2.48. The molecule has 0 aliphatic heterocycles. The minimum absolute atomic E-state index is 0.00714. The van der Waals surface area contributed by atoms with Crippen molar-refractivity contribution in [2.24, 2.45) is 5.92 Å². The Labute approximate surface area is 95.2 Å². The SMILES string of the molecule is O=C(Cl)C1CC1c1ccc(C(F)(F)F)cc1. The molecule has 0 heterocycles. The zero-order valence-electron chi connectivity index (χ0n) is 8.09. The molecule has 1 aromatic carbocycles. The average molecular weight is 249 g/mol. The molecule has 0 aromatic heterocycles. The molecule has 2 unspecified atom stereocenters. The number of benzene rings is 1. The second-order valence-corrected chi connectivity index (χ2v) is 4.25. The number of alkyl halides is 3. The first-order valence-electron chi connectivity index (χ1n) is 4.76. The molecule has 1 aliphatic rings. The molecule has 0 N–H and O–H groups in total. The van der Waals surface area contributed by atoms with E-state index in [1.165, 1.54) is 12.1 Å². The molecular weight excluding hydrogens is 241 g/mol. The predicted octanol–water partition coefficient (Wildman–Crippen LogP) is 3.57. The predicted molar refractivity (Wildman–Crippen MR) is 53.2 cm³/mol. The van der Waals surface area contributed by atoms with Crippen LogP contribution in [0.2, 0.25) is 0 Å². The van der Waals surface area contributed by atoms with Gasteiger partial charge in [0.05, 0.1) is 5.56 Å². The van der Waals surface area contributed by atoms with Crippen LogP contribution in [0, 0.1) is 5.92 Å². The van der Waals surface area contributed by atoms with Crippen LogP contribution in [0.25, 0.3) is 0 Å². The van der Waals surface area contributed by atoms with Crippen LogP contribution < -0.4 is 0 Å². The topological polar surface area (TPSA) is 17.1 Å². The van der Waals surface area contributed by atoms with E-state index in [9.17, 15) is 18.0 Å². The van der Waals surface area contributed by atoms with Gasteiger partial charge in [0.1, 0.15) is 0 Å². The minimum atomic E-state index is -4.32. The van der Waals surface area contributed by atoms with Gasteiger partial charge in [-0.2, -0.15) is 13.2 Å². The van der Waals surface area contributed by atoms with Crippen molar-refractivity contribution in [3.05, 3.63) is 35.4 Å². The lowest BCUT2D eigenvalue weighted by molar-refractivity contribution is -0.137. The first-order valence-corrected chi connectivity index (χ1v) is 5.14. The first-order chi connectivity index (χ1) is 7.39. The number of carbonyl (C=O) groups is 1. The van der Waals surface area contributed by atoms with Crippen LogP contribution in [-0.4, -0.2) is 5.24 Å². The Morgan fingerprint density at radius 1 is 1.25 bits per heavy atom. The molecule has 1 saturated carbocycles. The molecule has 0 spiro atoms. The van der Waals surface area contributed by atoms with Crippen molar-refractivity contribution in [3.8, 4) is 0 Å². The molecule has 1 aromatic rings. The normalized spacial score (nSPS) is 24.2. The smallest absolute Gasteiger partial charge is 0.281 e. The Hall–Kier alpha value is -1.03. The van der Waals surface area contributed by atoms with E-state index in [2.05, 4.69) is 0 Å². The number of rotatable bonds is 2.